The molecule has 0 saturated heterocycles. The van der Waals surface area contributed by atoms with Gasteiger partial charge in [-0.2, -0.15) is 0 Å². The van der Waals surface area contributed by atoms with Crippen molar-refractivity contribution in [3.05, 3.63) is 29.8 Å². The number of carbonyl (C=O) groups excluding carboxylic acids is 1. The monoisotopic (exact) mass is 339 g/mol. The van der Waals surface area contributed by atoms with Crippen LogP contribution >= 0.6 is 0 Å². The SMILES string of the molecule is CNS(=O)(=O)c1ccc(C(C)NC(=O)[C@@H]2CCC[C@@H]2CN)cc1. The van der Waals surface area contributed by atoms with Crippen LogP contribution in [0.4, 0.5) is 0 Å². The summed E-state index contributed by atoms with van der Waals surface area (Å²) in [7, 11) is -2.06. The van der Waals surface area contributed by atoms with Gasteiger partial charge in [0.15, 0.2) is 0 Å². The van der Waals surface area contributed by atoms with Gasteiger partial charge in [-0.15, -0.1) is 0 Å². The van der Waals surface area contributed by atoms with Gasteiger partial charge in [0.05, 0.1) is 10.9 Å². The molecule has 0 aromatic heterocycles. The zero-order valence-electron chi connectivity index (χ0n) is 13.6. The number of hydrogen-bond acceptors (Lipinski definition) is 4. The molecule has 1 aliphatic rings. The van der Waals surface area contributed by atoms with Gasteiger partial charge in [-0.1, -0.05) is 18.6 Å². The molecule has 1 unspecified atom stereocenters. The Kier molecular flexibility index (Phi) is 5.78. The van der Waals surface area contributed by atoms with Gasteiger partial charge < -0.3 is 11.1 Å². The second-order valence-corrected chi connectivity index (χ2v) is 7.93. The summed E-state index contributed by atoms with van der Waals surface area (Å²) >= 11 is 0. The van der Waals surface area contributed by atoms with Crippen molar-refractivity contribution in [1.82, 2.24) is 10.0 Å². The molecule has 23 heavy (non-hydrogen) atoms. The van der Waals surface area contributed by atoms with E-state index in [1.807, 2.05) is 6.92 Å². The van der Waals surface area contributed by atoms with E-state index < -0.39 is 10.0 Å². The molecule has 0 aliphatic heterocycles. The number of nitrogens with two attached hydrogens (primary N) is 1. The van der Waals surface area contributed by atoms with Crippen LogP contribution in [0.2, 0.25) is 0 Å². The highest BCUT2D eigenvalue weighted by atomic mass is 32.2. The van der Waals surface area contributed by atoms with Gasteiger partial charge in [0, 0.05) is 5.92 Å². The first-order chi connectivity index (χ1) is 10.9. The Morgan fingerprint density at radius 3 is 2.52 bits per heavy atom. The predicted octanol–water partition coefficient (Wildman–Crippen LogP) is 1.15. The van der Waals surface area contributed by atoms with Gasteiger partial charge in [0.2, 0.25) is 15.9 Å². The molecule has 0 spiro atoms. The van der Waals surface area contributed by atoms with Gasteiger partial charge in [0.1, 0.15) is 0 Å². The Balaban J connectivity index is 2.03. The molecule has 0 radical (unpaired) electrons. The van der Waals surface area contributed by atoms with E-state index >= 15 is 0 Å². The molecule has 6 nitrogen and oxygen atoms in total. The van der Waals surface area contributed by atoms with Gasteiger partial charge in [-0.05, 0) is 57.0 Å². The molecule has 0 heterocycles. The molecule has 1 amide bonds. The van der Waals surface area contributed by atoms with Crippen LogP contribution in [0.3, 0.4) is 0 Å². The number of sulfonamides is 1. The molecule has 2 rings (SSSR count). The fourth-order valence-corrected chi connectivity index (χ4v) is 3.85. The largest absolute Gasteiger partial charge is 0.349 e. The summed E-state index contributed by atoms with van der Waals surface area (Å²) in [5, 5.41) is 3.02. The van der Waals surface area contributed by atoms with Crippen molar-refractivity contribution in [2.75, 3.05) is 13.6 Å². The topological polar surface area (TPSA) is 101 Å². The molecule has 1 saturated carbocycles. The highest BCUT2D eigenvalue weighted by molar-refractivity contribution is 7.89. The van der Waals surface area contributed by atoms with Crippen LogP contribution in [0.25, 0.3) is 0 Å². The van der Waals surface area contributed by atoms with Crippen molar-refractivity contribution in [2.24, 2.45) is 17.6 Å². The van der Waals surface area contributed by atoms with Crippen molar-refractivity contribution in [2.45, 2.75) is 37.1 Å². The Bertz CT molecular complexity index is 643. The number of nitrogens with one attached hydrogen (secondary N) is 2. The third-order valence-electron chi connectivity index (χ3n) is 4.62. The highest BCUT2D eigenvalue weighted by Crippen LogP contribution is 2.31. The molecular weight excluding hydrogens is 314 g/mol. The van der Waals surface area contributed by atoms with E-state index in [0.717, 1.165) is 24.8 Å². The quantitative estimate of drug-likeness (QED) is 0.723. The molecule has 128 valence electrons. The van der Waals surface area contributed by atoms with Crippen molar-refractivity contribution >= 4 is 15.9 Å². The van der Waals surface area contributed by atoms with Crippen molar-refractivity contribution in [1.29, 1.82) is 0 Å². The average Bonchev–Trinajstić information content (AvgIpc) is 3.03. The summed E-state index contributed by atoms with van der Waals surface area (Å²) in [4.78, 5) is 12.6. The van der Waals surface area contributed by atoms with Crippen LogP contribution in [-0.2, 0) is 14.8 Å². The summed E-state index contributed by atoms with van der Waals surface area (Å²) in [6, 6.07) is 6.37. The summed E-state index contributed by atoms with van der Waals surface area (Å²) in [5.74, 6) is 0.300. The molecule has 4 N–H and O–H groups in total. The first kappa shape index (κ1) is 17.9. The lowest BCUT2D eigenvalue weighted by Crippen LogP contribution is -2.36. The molecule has 1 aliphatic carbocycles. The van der Waals surface area contributed by atoms with E-state index in [4.69, 9.17) is 5.73 Å². The minimum absolute atomic E-state index is 0.00797. The maximum absolute atomic E-state index is 12.4. The first-order valence-corrected chi connectivity index (χ1v) is 9.41. The molecule has 1 aromatic rings. The van der Waals surface area contributed by atoms with E-state index in [2.05, 4.69) is 10.0 Å². The van der Waals surface area contributed by atoms with Gasteiger partial charge in [-0.25, -0.2) is 13.1 Å². The summed E-state index contributed by atoms with van der Waals surface area (Å²) in [6.07, 6.45) is 2.95. The Morgan fingerprint density at radius 2 is 1.96 bits per heavy atom. The van der Waals surface area contributed by atoms with Crippen LogP contribution in [-0.4, -0.2) is 27.9 Å². The second-order valence-electron chi connectivity index (χ2n) is 6.04. The number of rotatable bonds is 6. The lowest BCUT2D eigenvalue weighted by Gasteiger charge is -2.21. The summed E-state index contributed by atoms with van der Waals surface area (Å²) in [6.45, 7) is 2.44. The first-order valence-electron chi connectivity index (χ1n) is 7.93. The summed E-state index contributed by atoms with van der Waals surface area (Å²) < 4.78 is 25.7. The molecule has 7 heteroatoms. The van der Waals surface area contributed by atoms with E-state index in [1.165, 1.54) is 7.05 Å². The van der Waals surface area contributed by atoms with E-state index in [0.29, 0.717) is 6.54 Å². The number of carbonyl (C=O) groups is 1. The van der Waals surface area contributed by atoms with Crippen LogP contribution in [0.15, 0.2) is 29.2 Å². The lowest BCUT2D eigenvalue weighted by molar-refractivity contribution is -0.126. The summed E-state index contributed by atoms with van der Waals surface area (Å²) in [5.41, 5.74) is 6.60. The van der Waals surface area contributed by atoms with Crippen LogP contribution in [0, 0.1) is 11.8 Å². The minimum atomic E-state index is -3.44. The zero-order valence-corrected chi connectivity index (χ0v) is 14.4. The lowest BCUT2D eigenvalue weighted by atomic mass is 9.95. The van der Waals surface area contributed by atoms with Gasteiger partial charge in [-0.3, -0.25) is 4.79 Å². The molecule has 0 bridgehead atoms. The standard InChI is InChI=1S/C16H25N3O3S/c1-11(19-16(20)15-5-3-4-13(15)10-17)12-6-8-14(9-7-12)23(21,22)18-2/h6-9,11,13,15,18H,3-5,10,17H2,1-2H3,(H,19,20)/t11?,13-,15-/m1/s1. The van der Waals surface area contributed by atoms with E-state index in [9.17, 15) is 13.2 Å². The average molecular weight is 339 g/mol. The highest BCUT2D eigenvalue weighted by Gasteiger charge is 2.32. The number of benzene rings is 1. The molecular formula is C16H25N3O3S. The Morgan fingerprint density at radius 1 is 1.30 bits per heavy atom. The fraction of sp³-hybridized carbons (Fsp3) is 0.562. The van der Waals surface area contributed by atoms with Crippen molar-refractivity contribution < 1.29 is 13.2 Å². The van der Waals surface area contributed by atoms with E-state index in [-0.39, 0.29) is 28.7 Å². The van der Waals surface area contributed by atoms with Crippen LogP contribution in [0.1, 0.15) is 37.8 Å². The van der Waals surface area contributed by atoms with Gasteiger partial charge >= 0.3 is 0 Å². The second kappa shape index (κ2) is 7.42. The Hall–Kier alpha value is -1.44. The maximum atomic E-state index is 12.4. The fourth-order valence-electron chi connectivity index (χ4n) is 3.12. The van der Waals surface area contributed by atoms with Crippen LogP contribution < -0.4 is 15.8 Å². The minimum Gasteiger partial charge on any atom is -0.349 e. The third kappa shape index (κ3) is 4.10. The predicted molar refractivity (Wildman–Crippen MR) is 89.1 cm³/mol. The smallest absolute Gasteiger partial charge is 0.240 e. The molecule has 3 atom stereocenters. The van der Waals surface area contributed by atoms with Crippen molar-refractivity contribution in [3.63, 3.8) is 0 Å². The Labute approximate surface area is 137 Å². The zero-order chi connectivity index (χ0) is 17.0. The number of amides is 1. The normalized spacial score (nSPS) is 22.7. The third-order valence-corrected chi connectivity index (χ3v) is 6.05. The molecule has 1 aromatic carbocycles. The number of hydrogen-bond donors (Lipinski definition) is 3. The van der Waals surface area contributed by atoms with E-state index in [1.54, 1.807) is 24.3 Å². The van der Waals surface area contributed by atoms with Crippen molar-refractivity contribution in [3.8, 4) is 0 Å². The van der Waals surface area contributed by atoms with Crippen LogP contribution in [0.5, 0.6) is 0 Å². The maximum Gasteiger partial charge on any atom is 0.240 e. The van der Waals surface area contributed by atoms with Gasteiger partial charge in [0.25, 0.3) is 0 Å². The molecule has 1 fully saturated rings.